The van der Waals surface area contributed by atoms with Gasteiger partial charge in [0, 0.05) is 27.1 Å². The molecular formula is C56H115ClN2O6. The number of unbranched alkanes of at least 4 members (excludes halogenated alkanes) is 28. The molecule has 0 spiro atoms. The Bertz CT molecular complexity index is 910. The monoisotopic (exact) mass is 947 g/mol. The summed E-state index contributed by atoms with van der Waals surface area (Å²) in [5.41, 5.74) is 5.72. The normalized spacial score (nSPS) is 13.0. The number of amides is 1. The van der Waals surface area contributed by atoms with Gasteiger partial charge in [0.2, 0.25) is 11.1 Å². The zero-order chi connectivity index (χ0) is 48.7. The number of aliphatic hydroxyl groups excluding tert-OH is 2. The smallest absolute Gasteiger partial charge is 0.218 e. The summed E-state index contributed by atoms with van der Waals surface area (Å²) >= 11 is 4.64. The van der Waals surface area contributed by atoms with E-state index in [1.165, 1.54) is 245 Å². The summed E-state index contributed by atoms with van der Waals surface area (Å²) in [7, 11) is 0. The van der Waals surface area contributed by atoms with Crippen LogP contribution in [0.3, 0.4) is 0 Å². The van der Waals surface area contributed by atoms with Crippen LogP contribution in [0, 0.1) is 11.8 Å². The van der Waals surface area contributed by atoms with Crippen molar-refractivity contribution in [2.75, 3.05) is 39.6 Å². The lowest BCUT2D eigenvalue weighted by Crippen LogP contribution is -2.39. The lowest BCUT2D eigenvalue weighted by atomic mass is 9.91. The van der Waals surface area contributed by atoms with Gasteiger partial charge in [-0.1, -0.05) is 259 Å². The van der Waals surface area contributed by atoms with E-state index in [1.807, 2.05) is 0 Å². The molecule has 392 valence electrons. The van der Waals surface area contributed by atoms with Gasteiger partial charge in [-0.2, -0.15) is 0 Å². The van der Waals surface area contributed by atoms with Gasteiger partial charge < -0.3 is 30.7 Å². The molecule has 0 heterocycles. The highest BCUT2D eigenvalue weighted by Gasteiger charge is 2.13. The van der Waals surface area contributed by atoms with Gasteiger partial charge in [0.15, 0.2) is 0 Å². The molecule has 9 heteroatoms. The molecule has 5 N–H and O–H groups in total. The third kappa shape index (κ3) is 63.2. The zero-order valence-electron chi connectivity index (χ0n) is 44.4. The molecule has 0 rings (SSSR count). The van der Waals surface area contributed by atoms with E-state index in [9.17, 15) is 14.7 Å². The predicted molar refractivity (Wildman–Crippen MR) is 283 cm³/mol. The Morgan fingerprint density at radius 2 is 0.708 bits per heavy atom. The largest absolute Gasteiger partial charge is 0.395 e. The van der Waals surface area contributed by atoms with Crippen LogP contribution in [-0.2, 0) is 19.1 Å². The minimum Gasteiger partial charge on any atom is -0.395 e. The maximum absolute atomic E-state index is 11.2. The molecule has 2 unspecified atom stereocenters. The minimum atomic E-state index is -0.361. The maximum atomic E-state index is 11.2. The van der Waals surface area contributed by atoms with Crippen molar-refractivity contribution in [1.82, 2.24) is 5.32 Å². The number of hydrogen-bond donors (Lipinski definition) is 4. The molecule has 4 atom stereocenters. The van der Waals surface area contributed by atoms with Gasteiger partial charge in [-0.05, 0) is 36.3 Å². The van der Waals surface area contributed by atoms with E-state index in [1.54, 1.807) is 0 Å². The molecule has 0 aromatic heterocycles. The molecule has 0 saturated carbocycles. The van der Waals surface area contributed by atoms with E-state index in [0.717, 1.165) is 37.9 Å². The van der Waals surface area contributed by atoms with Gasteiger partial charge in [0.05, 0.1) is 38.5 Å². The highest BCUT2D eigenvalue weighted by atomic mass is 35.5. The van der Waals surface area contributed by atoms with Gasteiger partial charge in [-0.25, -0.2) is 0 Å². The fraction of sp³-hybridized carbons (Fsp3) is 0.964. The van der Waals surface area contributed by atoms with Gasteiger partial charge in [0.25, 0.3) is 0 Å². The molecule has 8 nitrogen and oxygen atoms in total. The Balaban J connectivity index is -0.00000110. The number of carbonyl (C=O) groups excluding carboxylic acids is 2. The number of hydrogen-bond acceptors (Lipinski definition) is 7. The molecule has 0 radical (unpaired) electrons. The standard InChI is InChI=1S/C28H57NO3.C26H55NO2.C2H3ClO/c1-4-6-8-10-11-12-13-14-15-17-19-21-27(20-18-16-9-7-5-2)22-23-32-25-28(24-30)29-26(3)31;1-3-5-7-9-10-11-12-13-14-16-18-20-25(19-17-15-8-6-4-2)21-22-29-24-26(27)23-28;1-2(3)4/h27-28,30H,4-25H2,1-3H3,(H,29,31);25-26,28H,3-24,27H2,1-2H3;1H3/t27-,28?;25-,26?;/m11./s1. The van der Waals surface area contributed by atoms with Crippen molar-refractivity contribution in [3.63, 3.8) is 0 Å². The number of carbonyl (C=O) groups is 2. The zero-order valence-corrected chi connectivity index (χ0v) is 45.2. The highest BCUT2D eigenvalue weighted by Crippen LogP contribution is 2.24. The number of halogens is 1. The first kappa shape index (κ1) is 68.5. The van der Waals surface area contributed by atoms with Crippen LogP contribution in [0.5, 0.6) is 0 Å². The third-order valence-corrected chi connectivity index (χ3v) is 12.7. The molecule has 0 fully saturated rings. The molecule has 1 amide bonds. The van der Waals surface area contributed by atoms with Crippen LogP contribution in [-0.4, -0.2) is 73.1 Å². The van der Waals surface area contributed by atoms with E-state index in [4.69, 9.17) is 20.3 Å². The highest BCUT2D eigenvalue weighted by molar-refractivity contribution is 6.62. The quantitative estimate of drug-likeness (QED) is 0.0353. The Morgan fingerprint density at radius 3 is 0.954 bits per heavy atom. The van der Waals surface area contributed by atoms with Crippen molar-refractivity contribution >= 4 is 22.8 Å². The average molecular weight is 948 g/mol. The summed E-state index contributed by atoms with van der Waals surface area (Å²) < 4.78 is 11.5. The van der Waals surface area contributed by atoms with Gasteiger partial charge in [0.1, 0.15) is 0 Å². The van der Waals surface area contributed by atoms with Gasteiger partial charge in [-0.15, -0.1) is 0 Å². The predicted octanol–water partition coefficient (Wildman–Crippen LogP) is 15.7. The van der Waals surface area contributed by atoms with E-state index >= 15 is 0 Å². The molecule has 0 aromatic carbocycles. The van der Waals surface area contributed by atoms with Crippen LogP contribution in [0.1, 0.15) is 286 Å². The summed E-state index contributed by atoms with van der Waals surface area (Å²) in [5, 5.41) is 20.7. The Kier molecular flexibility index (Phi) is 62.5. The number of aliphatic hydroxyl groups is 2. The van der Waals surface area contributed by atoms with Crippen LogP contribution in [0.15, 0.2) is 0 Å². The van der Waals surface area contributed by atoms with Crippen molar-refractivity contribution in [2.24, 2.45) is 17.6 Å². The number of ether oxygens (including phenoxy) is 2. The second-order valence-corrected chi connectivity index (χ2v) is 20.0. The van der Waals surface area contributed by atoms with E-state index in [-0.39, 0.29) is 36.4 Å². The Labute approximate surface area is 410 Å². The van der Waals surface area contributed by atoms with Crippen molar-refractivity contribution in [3.05, 3.63) is 0 Å². The molecular weight excluding hydrogens is 832 g/mol. The maximum Gasteiger partial charge on any atom is 0.218 e. The van der Waals surface area contributed by atoms with Crippen molar-refractivity contribution in [1.29, 1.82) is 0 Å². The first-order valence-electron chi connectivity index (χ1n) is 28.2. The minimum absolute atomic E-state index is 0.0135. The van der Waals surface area contributed by atoms with Gasteiger partial charge >= 0.3 is 0 Å². The van der Waals surface area contributed by atoms with Crippen molar-refractivity contribution in [2.45, 2.75) is 298 Å². The first-order chi connectivity index (χ1) is 31.6. The van der Waals surface area contributed by atoms with Crippen LogP contribution in [0.2, 0.25) is 0 Å². The first-order valence-corrected chi connectivity index (χ1v) is 28.5. The summed E-state index contributed by atoms with van der Waals surface area (Å²) in [6.45, 7) is 14.2. The average Bonchev–Trinajstić information content (AvgIpc) is 3.28. The van der Waals surface area contributed by atoms with Crippen LogP contribution in [0.25, 0.3) is 0 Å². The molecule has 0 aliphatic heterocycles. The van der Waals surface area contributed by atoms with E-state index < -0.39 is 0 Å². The fourth-order valence-electron chi connectivity index (χ4n) is 8.57. The number of nitrogens with two attached hydrogens (primary N) is 1. The summed E-state index contributed by atoms with van der Waals surface area (Å²) in [6.07, 6.45) is 52.2. The number of rotatable bonds is 49. The Hall–Kier alpha value is -0.770. The van der Waals surface area contributed by atoms with Crippen LogP contribution in [0.4, 0.5) is 0 Å². The molecule has 0 aromatic rings. The SMILES string of the molecule is CC(=O)Cl.CCCCCCCCCCCCC[C@@H](CCCCCCC)CCOCC(CO)NC(C)=O.CCCCCCCCCCCCC[C@@H](CCCCCCC)CCOCC(N)CO. The molecule has 0 bridgehead atoms. The summed E-state index contributed by atoms with van der Waals surface area (Å²) in [5.74, 6) is 1.44. The lowest BCUT2D eigenvalue weighted by Gasteiger charge is -2.19. The van der Waals surface area contributed by atoms with Crippen molar-refractivity contribution in [3.8, 4) is 0 Å². The van der Waals surface area contributed by atoms with E-state index in [0.29, 0.717) is 13.2 Å². The lowest BCUT2D eigenvalue weighted by molar-refractivity contribution is -0.120. The third-order valence-electron chi connectivity index (χ3n) is 12.7. The summed E-state index contributed by atoms with van der Waals surface area (Å²) in [6, 6.07) is -0.513. The molecule has 0 saturated heterocycles. The van der Waals surface area contributed by atoms with Gasteiger partial charge in [-0.3, -0.25) is 9.59 Å². The second-order valence-electron chi connectivity index (χ2n) is 19.5. The van der Waals surface area contributed by atoms with Crippen LogP contribution >= 0.6 is 11.6 Å². The molecule has 65 heavy (non-hydrogen) atoms. The van der Waals surface area contributed by atoms with Crippen molar-refractivity contribution < 1.29 is 29.3 Å². The topological polar surface area (TPSA) is 131 Å². The van der Waals surface area contributed by atoms with Crippen LogP contribution < -0.4 is 11.1 Å². The summed E-state index contributed by atoms with van der Waals surface area (Å²) in [4.78, 5) is 20.4. The molecule has 0 aliphatic rings. The number of nitrogens with one attached hydrogen (secondary N) is 1. The van der Waals surface area contributed by atoms with E-state index in [2.05, 4.69) is 44.6 Å². The Morgan fingerprint density at radius 1 is 0.446 bits per heavy atom. The molecule has 0 aliphatic carbocycles. The fourth-order valence-corrected chi connectivity index (χ4v) is 8.57. The second kappa shape index (κ2) is 59.4.